The molecule has 0 heterocycles. The smallest absolute Gasteiger partial charge is 0.125 e. The zero-order chi connectivity index (χ0) is 13.1. The second-order valence-corrected chi connectivity index (χ2v) is 6.22. The highest BCUT2D eigenvalue weighted by atomic mass is 16.5. The molecule has 0 aromatic heterocycles. The van der Waals surface area contributed by atoms with Crippen LogP contribution in [0.1, 0.15) is 47.1 Å². The molecule has 0 radical (unpaired) electrons. The third-order valence-electron chi connectivity index (χ3n) is 2.05. The van der Waals surface area contributed by atoms with Crippen molar-refractivity contribution in [1.29, 1.82) is 0 Å². The van der Waals surface area contributed by atoms with Gasteiger partial charge in [-0.2, -0.15) is 0 Å². The van der Waals surface area contributed by atoms with Gasteiger partial charge in [-0.1, -0.05) is 18.2 Å². The molecule has 0 aliphatic heterocycles. The van der Waals surface area contributed by atoms with Crippen LogP contribution in [0, 0.1) is 0 Å². The van der Waals surface area contributed by atoms with E-state index in [9.17, 15) is 0 Å². The Morgan fingerprint density at radius 2 is 1.47 bits per heavy atom. The molecule has 1 aromatic rings. The zero-order valence-electron chi connectivity index (χ0n) is 11.8. The Balaban J connectivity index is 2.78. The predicted molar refractivity (Wildman–Crippen MR) is 71.4 cm³/mol. The summed E-state index contributed by atoms with van der Waals surface area (Å²) in [6, 6.07) is 8.04. The molecule has 0 aliphatic rings. The summed E-state index contributed by atoms with van der Waals surface area (Å²) in [5, 5.41) is 0. The highest BCUT2D eigenvalue weighted by Gasteiger charge is 2.16. The Kier molecular flexibility index (Phi) is 4.21. The summed E-state index contributed by atoms with van der Waals surface area (Å²) in [5.41, 5.74) is 0.782. The third-order valence-corrected chi connectivity index (χ3v) is 2.05. The van der Waals surface area contributed by atoms with Crippen molar-refractivity contribution < 1.29 is 9.47 Å². The highest BCUT2D eigenvalue weighted by Crippen LogP contribution is 2.25. The standard InChI is InChI=1S/C15H24O2/c1-14(2,3)16-11-12-9-7-8-10-13(12)17-15(4,5)6/h7-10H,11H2,1-6H3. The Morgan fingerprint density at radius 1 is 0.882 bits per heavy atom. The lowest BCUT2D eigenvalue weighted by atomic mass is 10.1. The minimum atomic E-state index is -0.183. The molecule has 0 N–H and O–H groups in total. The first-order chi connectivity index (χ1) is 7.67. The lowest BCUT2D eigenvalue weighted by molar-refractivity contribution is -0.0166. The number of hydrogen-bond donors (Lipinski definition) is 0. The highest BCUT2D eigenvalue weighted by molar-refractivity contribution is 5.33. The van der Waals surface area contributed by atoms with E-state index >= 15 is 0 Å². The van der Waals surface area contributed by atoms with Gasteiger partial charge in [0.05, 0.1) is 12.2 Å². The Labute approximate surface area is 105 Å². The van der Waals surface area contributed by atoms with Crippen LogP contribution in [0.15, 0.2) is 24.3 Å². The first kappa shape index (κ1) is 14.0. The second-order valence-electron chi connectivity index (χ2n) is 6.22. The first-order valence-electron chi connectivity index (χ1n) is 6.08. The number of para-hydroxylation sites is 1. The fourth-order valence-corrected chi connectivity index (χ4v) is 1.35. The fourth-order valence-electron chi connectivity index (χ4n) is 1.35. The topological polar surface area (TPSA) is 18.5 Å². The summed E-state index contributed by atoms with van der Waals surface area (Å²) in [6.07, 6.45) is 0. The first-order valence-corrected chi connectivity index (χ1v) is 6.08. The van der Waals surface area contributed by atoms with Crippen LogP contribution in [-0.2, 0) is 11.3 Å². The van der Waals surface area contributed by atoms with Gasteiger partial charge in [0.15, 0.2) is 0 Å². The lowest BCUT2D eigenvalue weighted by Gasteiger charge is -2.25. The van der Waals surface area contributed by atoms with Gasteiger partial charge >= 0.3 is 0 Å². The Bertz CT molecular complexity index is 356. The van der Waals surface area contributed by atoms with Gasteiger partial charge in [0, 0.05) is 5.56 Å². The summed E-state index contributed by atoms with van der Waals surface area (Å²) >= 11 is 0. The zero-order valence-corrected chi connectivity index (χ0v) is 11.8. The van der Waals surface area contributed by atoms with Crippen LogP contribution >= 0.6 is 0 Å². The molecular weight excluding hydrogens is 212 g/mol. The molecule has 2 nitrogen and oxygen atoms in total. The van der Waals surface area contributed by atoms with E-state index in [1.54, 1.807) is 0 Å². The average Bonchev–Trinajstić information content (AvgIpc) is 2.12. The molecule has 17 heavy (non-hydrogen) atoms. The molecule has 0 atom stereocenters. The summed E-state index contributed by atoms with van der Waals surface area (Å²) in [4.78, 5) is 0. The monoisotopic (exact) mass is 236 g/mol. The van der Waals surface area contributed by atoms with Gasteiger partial charge < -0.3 is 9.47 Å². The number of hydrogen-bond acceptors (Lipinski definition) is 2. The van der Waals surface area contributed by atoms with Gasteiger partial charge in [-0.3, -0.25) is 0 Å². The quantitative estimate of drug-likeness (QED) is 0.784. The molecule has 0 saturated carbocycles. The minimum Gasteiger partial charge on any atom is -0.488 e. The molecule has 0 saturated heterocycles. The maximum absolute atomic E-state index is 5.92. The summed E-state index contributed by atoms with van der Waals surface area (Å²) in [5.74, 6) is 0.907. The number of benzene rings is 1. The molecule has 0 bridgehead atoms. The van der Waals surface area contributed by atoms with Crippen LogP contribution in [0.3, 0.4) is 0 Å². The van der Waals surface area contributed by atoms with Crippen molar-refractivity contribution in [2.75, 3.05) is 0 Å². The van der Waals surface area contributed by atoms with Crippen molar-refractivity contribution in [2.24, 2.45) is 0 Å². The van der Waals surface area contributed by atoms with E-state index in [0.29, 0.717) is 6.61 Å². The van der Waals surface area contributed by atoms with Gasteiger partial charge in [0.2, 0.25) is 0 Å². The Morgan fingerprint density at radius 3 is 2.00 bits per heavy atom. The molecule has 2 heteroatoms. The van der Waals surface area contributed by atoms with E-state index in [1.807, 2.05) is 45.0 Å². The largest absolute Gasteiger partial charge is 0.488 e. The fraction of sp³-hybridized carbons (Fsp3) is 0.600. The maximum atomic E-state index is 5.92. The van der Waals surface area contributed by atoms with E-state index in [4.69, 9.17) is 9.47 Å². The summed E-state index contributed by atoms with van der Waals surface area (Å²) < 4.78 is 11.7. The van der Waals surface area contributed by atoms with Crippen LogP contribution in [0.4, 0.5) is 0 Å². The predicted octanol–water partition coefficient (Wildman–Crippen LogP) is 4.18. The van der Waals surface area contributed by atoms with Crippen LogP contribution in [0.25, 0.3) is 0 Å². The van der Waals surface area contributed by atoms with Crippen LogP contribution in [-0.4, -0.2) is 11.2 Å². The lowest BCUT2D eigenvalue weighted by Crippen LogP contribution is -2.24. The third kappa shape index (κ3) is 5.73. The van der Waals surface area contributed by atoms with Gasteiger partial charge in [-0.05, 0) is 47.6 Å². The SMILES string of the molecule is CC(C)(C)OCc1ccccc1OC(C)(C)C. The molecule has 0 spiro atoms. The van der Waals surface area contributed by atoms with Crippen LogP contribution in [0.5, 0.6) is 5.75 Å². The van der Waals surface area contributed by atoms with Crippen LogP contribution < -0.4 is 4.74 Å². The van der Waals surface area contributed by atoms with E-state index in [-0.39, 0.29) is 11.2 Å². The number of rotatable bonds is 3. The summed E-state index contributed by atoms with van der Waals surface area (Å²) in [6.45, 7) is 12.9. The van der Waals surface area contributed by atoms with Gasteiger partial charge in [0.25, 0.3) is 0 Å². The van der Waals surface area contributed by atoms with E-state index in [0.717, 1.165) is 11.3 Å². The van der Waals surface area contributed by atoms with E-state index < -0.39 is 0 Å². The van der Waals surface area contributed by atoms with E-state index in [2.05, 4.69) is 20.8 Å². The molecule has 0 fully saturated rings. The van der Waals surface area contributed by atoms with Crippen molar-refractivity contribution in [1.82, 2.24) is 0 Å². The maximum Gasteiger partial charge on any atom is 0.125 e. The molecule has 0 amide bonds. The van der Waals surface area contributed by atoms with Crippen molar-refractivity contribution >= 4 is 0 Å². The molecule has 0 aliphatic carbocycles. The molecular formula is C15H24O2. The molecule has 1 rings (SSSR count). The van der Waals surface area contributed by atoms with Crippen LogP contribution in [0.2, 0.25) is 0 Å². The van der Waals surface area contributed by atoms with Crippen molar-refractivity contribution in [3.05, 3.63) is 29.8 Å². The van der Waals surface area contributed by atoms with Gasteiger partial charge in [0.1, 0.15) is 11.4 Å². The molecule has 96 valence electrons. The van der Waals surface area contributed by atoms with Gasteiger partial charge in [-0.25, -0.2) is 0 Å². The Hall–Kier alpha value is -1.02. The summed E-state index contributed by atoms with van der Waals surface area (Å²) in [7, 11) is 0. The van der Waals surface area contributed by atoms with Gasteiger partial charge in [-0.15, -0.1) is 0 Å². The average molecular weight is 236 g/mol. The molecule has 0 unspecified atom stereocenters. The van der Waals surface area contributed by atoms with Crippen molar-refractivity contribution in [3.8, 4) is 5.75 Å². The normalized spacial score (nSPS) is 12.6. The second kappa shape index (κ2) is 5.09. The van der Waals surface area contributed by atoms with Crippen molar-refractivity contribution in [2.45, 2.75) is 59.4 Å². The number of ether oxygens (including phenoxy) is 2. The van der Waals surface area contributed by atoms with E-state index in [1.165, 1.54) is 0 Å². The van der Waals surface area contributed by atoms with Crippen molar-refractivity contribution in [3.63, 3.8) is 0 Å². The minimum absolute atomic E-state index is 0.130. The molecule has 1 aromatic carbocycles.